The highest BCUT2D eigenvalue weighted by Crippen LogP contribution is 2.11. The van der Waals surface area contributed by atoms with E-state index in [1.54, 1.807) is 18.5 Å². The molecule has 0 radical (unpaired) electrons. The molecule has 0 aliphatic rings. The maximum atomic E-state index is 10.7. The molecule has 2 heterocycles. The second kappa shape index (κ2) is 3.67. The molecule has 2 aromatic heterocycles. The van der Waals surface area contributed by atoms with Gasteiger partial charge in [-0.2, -0.15) is 5.10 Å². The van der Waals surface area contributed by atoms with Gasteiger partial charge in [0.05, 0.1) is 4.47 Å². The third-order valence-electron chi connectivity index (χ3n) is 1.53. The molecule has 0 aromatic carbocycles. The summed E-state index contributed by atoms with van der Waals surface area (Å²) in [4.78, 5) is 18.8. The minimum absolute atomic E-state index is 0.245. The van der Waals surface area contributed by atoms with Crippen LogP contribution in [-0.2, 0) is 0 Å². The fourth-order valence-electron chi connectivity index (χ4n) is 0.914. The quantitative estimate of drug-likeness (QED) is 0.822. The number of aromatic amines is 1. The highest BCUT2D eigenvalue weighted by Gasteiger charge is 2.01. The zero-order valence-corrected chi connectivity index (χ0v) is 8.52. The molecule has 0 fully saturated rings. The Labute approximate surface area is 87.4 Å². The van der Waals surface area contributed by atoms with Gasteiger partial charge in [-0.15, -0.1) is 0 Å². The lowest BCUT2D eigenvalue weighted by Gasteiger charge is -1.96. The molecule has 0 spiro atoms. The van der Waals surface area contributed by atoms with Crippen LogP contribution in [0.15, 0.2) is 33.8 Å². The first-order chi connectivity index (χ1) is 6.75. The Hall–Kier alpha value is -1.56. The summed E-state index contributed by atoms with van der Waals surface area (Å²) in [7, 11) is 0. The normalized spacial score (nSPS) is 10.1. The van der Waals surface area contributed by atoms with Crippen molar-refractivity contribution in [3.8, 4) is 11.5 Å². The summed E-state index contributed by atoms with van der Waals surface area (Å²) in [5.74, 6) is 0.476. The van der Waals surface area contributed by atoms with Gasteiger partial charge in [0.1, 0.15) is 5.69 Å². The molecule has 1 N–H and O–H groups in total. The summed E-state index contributed by atoms with van der Waals surface area (Å²) in [6, 6.07) is 2.95. The lowest BCUT2D eigenvalue weighted by Crippen LogP contribution is -2.06. The van der Waals surface area contributed by atoms with E-state index in [2.05, 4.69) is 36.1 Å². The summed E-state index contributed by atoms with van der Waals surface area (Å²) in [5, 5.41) is 6.12. The van der Waals surface area contributed by atoms with Gasteiger partial charge < -0.3 is 0 Å². The van der Waals surface area contributed by atoms with Crippen LogP contribution in [0.4, 0.5) is 0 Å². The second-order valence-corrected chi connectivity index (χ2v) is 3.45. The zero-order valence-electron chi connectivity index (χ0n) is 6.94. The predicted octanol–water partition coefficient (Wildman–Crippen LogP) is 0.989. The van der Waals surface area contributed by atoms with Gasteiger partial charge >= 0.3 is 0 Å². The van der Waals surface area contributed by atoms with E-state index < -0.39 is 0 Å². The maximum absolute atomic E-state index is 10.7. The molecular weight excluding hydrogens is 248 g/mol. The molecule has 2 rings (SSSR count). The molecule has 2 aromatic rings. The van der Waals surface area contributed by atoms with Crippen LogP contribution in [-0.4, -0.2) is 20.2 Å². The summed E-state index contributed by atoms with van der Waals surface area (Å²) >= 11 is 3.23. The Kier molecular flexibility index (Phi) is 2.36. The molecule has 0 aliphatic carbocycles. The molecule has 14 heavy (non-hydrogen) atoms. The SMILES string of the molecule is O=c1ccc(-c2ncc(Br)cn2)n[nH]1. The minimum Gasteiger partial charge on any atom is -0.268 e. The smallest absolute Gasteiger partial charge is 0.264 e. The zero-order chi connectivity index (χ0) is 9.97. The third kappa shape index (κ3) is 1.85. The van der Waals surface area contributed by atoms with Gasteiger partial charge in [0, 0.05) is 18.5 Å². The van der Waals surface area contributed by atoms with Crippen LogP contribution in [0.5, 0.6) is 0 Å². The number of hydrogen-bond acceptors (Lipinski definition) is 4. The van der Waals surface area contributed by atoms with E-state index in [0.29, 0.717) is 11.5 Å². The Morgan fingerprint density at radius 1 is 1.21 bits per heavy atom. The minimum atomic E-state index is -0.245. The van der Waals surface area contributed by atoms with E-state index in [9.17, 15) is 4.79 Å². The van der Waals surface area contributed by atoms with Crippen molar-refractivity contribution in [1.82, 2.24) is 20.2 Å². The molecule has 0 atom stereocenters. The van der Waals surface area contributed by atoms with Crippen LogP contribution in [0.25, 0.3) is 11.5 Å². The average Bonchev–Trinajstić information content (AvgIpc) is 2.21. The van der Waals surface area contributed by atoms with Crippen LogP contribution in [0, 0.1) is 0 Å². The molecule has 70 valence electrons. The standard InChI is InChI=1S/C8H5BrN4O/c9-5-3-10-8(11-4-5)6-1-2-7(14)13-12-6/h1-4H,(H,13,14). The van der Waals surface area contributed by atoms with E-state index in [1.807, 2.05) is 0 Å². The van der Waals surface area contributed by atoms with E-state index in [4.69, 9.17) is 0 Å². The van der Waals surface area contributed by atoms with E-state index in [-0.39, 0.29) is 5.56 Å². The fourth-order valence-corrected chi connectivity index (χ4v) is 1.12. The number of H-pyrrole nitrogens is 1. The lowest BCUT2D eigenvalue weighted by atomic mass is 10.3. The molecule has 0 bridgehead atoms. The first kappa shape index (κ1) is 9.01. The van der Waals surface area contributed by atoms with Crippen LogP contribution >= 0.6 is 15.9 Å². The topological polar surface area (TPSA) is 71.5 Å². The second-order valence-electron chi connectivity index (χ2n) is 2.53. The number of nitrogens with zero attached hydrogens (tertiary/aromatic N) is 3. The average molecular weight is 253 g/mol. The van der Waals surface area contributed by atoms with E-state index in [0.717, 1.165) is 4.47 Å². The monoisotopic (exact) mass is 252 g/mol. The van der Waals surface area contributed by atoms with Crippen molar-refractivity contribution < 1.29 is 0 Å². The molecule has 0 unspecified atom stereocenters. The largest absolute Gasteiger partial charge is 0.268 e. The summed E-state index contributed by atoms with van der Waals surface area (Å²) < 4.78 is 0.797. The Morgan fingerprint density at radius 2 is 1.93 bits per heavy atom. The van der Waals surface area contributed by atoms with Crippen molar-refractivity contribution in [1.29, 1.82) is 0 Å². The van der Waals surface area contributed by atoms with E-state index >= 15 is 0 Å². The number of halogens is 1. The molecule has 0 saturated heterocycles. The first-order valence-corrected chi connectivity index (χ1v) is 4.58. The van der Waals surface area contributed by atoms with Crippen molar-refractivity contribution in [2.75, 3.05) is 0 Å². The summed E-state index contributed by atoms with van der Waals surface area (Å²) in [6.45, 7) is 0. The first-order valence-electron chi connectivity index (χ1n) is 3.79. The Balaban J connectivity index is 2.44. The lowest BCUT2D eigenvalue weighted by molar-refractivity contribution is 0.975. The molecule has 5 nitrogen and oxygen atoms in total. The van der Waals surface area contributed by atoms with Crippen LogP contribution in [0.1, 0.15) is 0 Å². The van der Waals surface area contributed by atoms with Crippen LogP contribution < -0.4 is 5.56 Å². The fraction of sp³-hybridized carbons (Fsp3) is 0. The van der Waals surface area contributed by atoms with Crippen molar-refractivity contribution in [2.24, 2.45) is 0 Å². The molecule has 0 aliphatic heterocycles. The van der Waals surface area contributed by atoms with Gasteiger partial charge in [-0.1, -0.05) is 0 Å². The van der Waals surface area contributed by atoms with Gasteiger partial charge in [-0.05, 0) is 22.0 Å². The molecule has 0 saturated carbocycles. The molecule has 0 amide bonds. The number of hydrogen-bond donors (Lipinski definition) is 1. The number of rotatable bonds is 1. The predicted molar refractivity (Wildman–Crippen MR) is 53.6 cm³/mol. The molecule has 6 heteroatoms. The van der Waals surface area contributed by atoms with Crippen molar-refractivity contribution in [3.63, 3.8) is 0 Å². The maximum Gasteiger partial charge on any atom is 0.264 e. The van der Waals surface area contributed by atoms with E-state index in [1.165, 1.54) is 6.07 Å². The highest BCUT2D eigenvalue weighted by molar-refractivity contribution is 9.10. The van der Waals surface area contributed by atoms with Crippen LogP contribution in [0.3, 0.4) is 0 Å². The van der Waals surface area contributed by atoms with Gasteiger partial charge in [0.25, 0.3) is 5.56 Å². The van der Waals surface area contributed by atoms with Gasteiger partial charge in [-0.25, -0.2) is 15.1 Å². The van der Waals surface area contributed by atoms with Crippen molar-refractivity contribution in [2.45, 2.75) is 0 Å². The van der Waals surface area contributed by atoms with Gasteiger partial charge in [0.2, 0.25) is 0 Å². The van der Waals surface area contributed by atoms with Crippen molar-refractivity contribution in [3.05, 3.63) is 39.4 Å². The number of aromatic nitrogens is 4. The third-order valence-corrected chi connectivity index (χ3v) is 1.94. The molecular formula is C8H5BrN4O. The Bertz CT molecular complexity index is 473. The van der Waals surface area contributed by atoms with Gasteiger partial charge in [0.15, 0.2) is 5.82 Å². The number of nitrogens with one attached hydrogen (secondary N) is 1. The highest BCUT2D eigenvalue weighted by atomic mass is 79.9. The summed E-state index contributed by atoms with van der Waals surface area (Å²) in [6.07, 6.45) is 3.24. The summed E-state index contributed by atoms with van der Waals surface area (Å²) in [5.41, 5.74) is 0.294. The van der Waals surface area contributed by atoms with Gasteiger partial charge in [-0.3, -0.25) is 4.79 Å². The Morgan fingerprint density at radius 3 is 2.50 bits per heavy atom. The van der Waals surface area contributed by atoms with Crippen molar-refractivity contribution >= 4 is 15.9 Å². The van der Waals surface area contributed by atoms with Crippen LogP contribution in [0.2, 0.25) is 0 Å².